The summed E-state index contributed by atoms with van der Waals surface area (Å²) in [7, 11) is 0. The molecule has 1 atom stereocenters. The average Bonchev–Trinajstić information content (AvgIpc) is 2.96. The molecule has 2 aromatic rings. The first-order chi connectivity index (χ1) is 11.0. The quantitative estimate of drug-likeness (QED) is 0.642. The van der Waals surface area contributed by atoms with Gasteiger partial charge in [0.05, 0.1) is 4.92 Å². The van der Waals surface area contributed by atoms with Gasteiger partial charge in [-0.05, 0) is 43.5 Å². The lowest BCUT2D eigenvalue weighted by molar-refractivity contribution is -0.385. The van der Waals surface area contributed by atoms with E-state index < -0.39 is 4.92 Å². The van der Waals surface area contributed by atoms with Gasteiger partial charge in [0.2, 0.25) is 5.91 Å². The summed E-state index contributed by atoms with van der Waals surface area (Å²) in [5.41, 5.74) is 1.33. The van der Waals surface area contributed by atoms with Gasteiger partial charge in [0, 0.05) is 11.7 Å². The van der Waals surface area contributed by atoms with Gasteiger partial charge in [-0.25, -0.2) is 4.39 Å². The maximum absolute atomic E-state index is 13.4. The van der Waals surface area contributed by atoms with E-state index in [0.717, 1.165) is 18.2 Å². The third-order valence-corrected chi connectivity index (χ3v) is 3.97. The highest BCUT2D eigenvalue weighted by Crippen LogP contribution is 2.31. The Morgan fingerprint density at radius 1 is 1.52 bits per heavy atom. The minimum atomic E-state index is -0.560. The first-order valence-electron chi connectivity index (χ1n) is 7.23. The van der Waals surface area contributed by atoms with E-state index in [1.807, 2.05) is 6.92 Å². The summed E-state index contributed by atoms with van der Waals surface area (Å²) in [5.74, 6) is -0.559. The van der Waals surface area contributed by atoms with Gasteiger partial charge in [-0.3, -0.25) is 19.6 Å². The van der Waals surface area contributed by atoms with Crippen LogP contribution in [0.1, 0.15) is 18.9 Å². The van der Waals surface area contributed by atoms with Crippen LogP contribution >= 0.6 is 0 Å². The Morgan fingerprint density at radius 2 is 2.30 bits per heavy atom. The van der Waals surface area contributed by atoms with Gasteiger partial charge in [-0.15, -0.1) is 0 Å². The van der Waals surface area contributed by atoms with Gasteiger partial charge < -0.3 is 4.90 Å². The molecule has 1 aromatic carbocycles. The molecule has 0 saturated carbocycles. The minimum absolute atomic E-state index is 0.0222. The molecule has 0 aliphatic carbocycles. The number of halogens is 1. The standard InChI is InChI=1S/C15H15FN4O3/c1-10-2-3-11-6-12(16)4-5-14(11)19(10)15(21)9-18-8-13(7-17-18)20(22)23/h4-8,10H,2-3,9H2,1H3/t10-/m1/s1. The van der Waals surface area contributed by atoms with E-state index in [2.05, 4.69) is 5.10 Å². The summed E-state index contributed by atoms with van der Waals surface area (Å²) in [6, 6.07) is 4.35. The van der Waals surface area contributed by atoms with E-state index >= 15 is 0 Å². The Hall–Kier alpha value is -2.77. The van der Waals surface area contributed by atoms with Gasteiger partial charge in [-0.2, -0.15) is 5.10 Å². The Labute approximate surface area is 131 Å². The second-order valence-electron chi connectivity index (χ2n) is 5.58. The van der Waals surface area contributed by atoms with Crippen molar-refractivity contribution in [2.45, 2.75) is 32.4 Å². The Bertz CT molecular complexity index is 774. The summed E-state index contributed by atoms with van der Waals surface area (Å²) in [6.07, 6.45) is 3.78. The van der Waals surface area contributed by atoms with E-state index in [1.54, 1.807) is 11.0 Å². The molecule has 23 heavy (non-hydrogen) atoms. The van der Waals surface area contributed by atoms with Gasteiger partial charge in [0.15, 0.2) is 0 Å². The number of aromatic nitrogens is 2. The minimum Gasteiger partial charge on any atom is -0.308 e. The number of carbonyl (C=O) groups excluding carboxylic acids is 1. The summed E-state index contributed by atoms with van der Waals surface area (Å²) < 4.78 is 14.6. The van der Waals surface area contributed by atoms with Crippen LogP contribution in [0.3, 0.4) is 0 Å². The fourth-order valence-corrected chi connectivity index (χ4v) is 2.85. The summed E-state index contributed by atoms with van der Waals surface area (Å²) in [4.78, 5) is 24.3. The molecule has 0 radical (unpaired) electrons. The molecule has 0 saturated heterocycles. The number of rotatable bonds is 3. The van der Waals surface area contributed by atoms with Crippen LogP contribution in [0.15, 0.2) is 30.6 Å². The van der Waals surface area contributed by atoms with Gasteiger partial charge in [-0.1, -0.05) is 0 Å². The molecule has 1 aliphatic rings. The molecule has 1 aromatic heterocycles. The third-order valence-electron chi connectivity index (χ3n) is 3.97. The van der Waals surface area contributed by atoms with E-state index in [0.29, 0.717) is 12.1 Å². The van der Waals surface area contributed by atoms with E-state index in [9.17, 15) is 19.3 Å². The molecule has 0 unspecified atom stereocenters. The smallest absolute Gasteiger partial charge is 0.307 e. The number of hydrogen-bond acceptors (Lipinski definition) is 4. The number of fused-ring (bicyclic) bond motifs is 1. The Balaban J connectivity index is 1.85. The van der Waals surface area contributed by atoms with Crippen molar-refractivity contribution in [3.8, 4) is 0 Å². The van der Waals surface area contributed by atoms with Crippen LogP contribution in [0.4, 0.5) is 15.8 Å². The third kappa shape index (κ3) is 2.92. The fraction of sp³-hybridized carbons (Fsp3) is 0.333. The van der Waals surface area contributed by atoms with Crippen LogP contribution in [-0.4, -0.2) is 26.7 Å². The van der Waals surface area contributed by atoms with Crippen molar-refractivity contribution in [1.82, 2.24) is 9.78 Å². The molecule has 1 aliphatic heterocycles. The number of hydrogen-bond donors (Lipinski definition) is 0. The van der Waals surface area contributed by atoms with E-state index in [-0.39, 0.29) is 30.0 Å². The number of nitro groups is 1. The molecular formula is C15H15FN4O3. The van der Waals surface area contributed by atoms with Gasteiger partial charge in [0.25, 0.3) is 0 Å². The number of amides is 1. The molecule has 2 heterocycles. The number of nitrogens with zero attached hydrogens (tertiary/aromatic N) is 4. The van der Waals surface area contributed by atoms with Crippen molar-refractivity contribution < 1.29 is 14.1 Å². The van der Waals surface area contributed by atoms with Crippen LogP contribution in [0, 0.1) is 15.9 Å². The normalized spacial score (nSPS) is 17.0. The topological polar surface area (TPSA) is 81.3 Å². The fourth-order valence-electron chi connectivity index (χ4n) is 2.85. The molecule has 0 fully saturated rings. The van der Waals surface area contributed by atoms with Crippen molar-refractivity contribution in [3.05, 3.63) is 52.1 Å². The molecule has 120 valence electrons. The van der Waals surface area contributed by atoms with Crippen molar-refractivity contribution >= 4 is 17.3 Å². The van der Waals surface area contributed by atoms with Crippen molar-refractivity contribution in [3.63, 3.8) is 0 Å². The number of benzene rings is 1. The van der Waals surface area contributed by atoms with Crippen LogP contribution in [0.25, 0.3) is 0 Å². The zero-order valence-electron chi connectivity index (χ0n) is 12.5. The zero-order chi connectivity index (χ0) is 16.6. The second kappa shape index (κ2) is 5.79. The molecule has 7 nitrogen and oxygen atoms in total. The molecule has 0 bridgehead atoms. The maximum Gasteiger partial charge on any atom is 0.307 e. The summed E-state index contributed by atoms with van der Waals surface area (Å²) >= 11 is 0. The predicted octanol–water partition coefficient (Wildman–Crippen LogP) is 2.30. The van der Waals surface area contributed by atoms with Crippen LogP contribution < -0.4 is 4.90 Å². The van der Waals surface area contributed by atoms with Crippen molar-refractivity contribution in [1.29, 1.82) is 0 Å². The highest BCUT2D eigenvalue weighted by molar-refractivity contribution is 5.95. The van der Waals surface area contributed by atoms with Gasteiger partial charge in [0.1, 0.15) is 24.8 Å². The summed E-state index contributed by atoms with van der Waals surface area (Å²) in [5, 5.41) is 14.5. The largest absolute Gasteiger partial charge is 0.308 e. The lowest BCUT2D eigenvalue weighted by Crippen LogP contribution is -2.43. The lowest BCUT2D eigenvalue weighted by Gasteiger charge is -2.35. The van der Waals surface area contributed by atoms with Crippen molar-refractivity contribution in [2.75, 3.05) is 4.90 Å². The number of anilines is 1. The molecule has 8 heteroatoms. The zero-order valence-corrected chi connectivity index (χ0v) is 12.5. The monoisotopic (exact) mass is 318 g/mol. The van der Waals surface area contributed by atoms with Crippen LogP contribution in [-0.2, 0) is 17.8 Å². The molecular weight excluding hydrogens is 303 g/mol. The SMILES string of the molecule is C[C@@H]1CCc2cc(F)ccc2N1C(=O)Cn1cc([N+](=O)[O-])cn1. The molecule has 3 rings (SSSR count). The first-order valence-corrected chi connectivity index (χ1v) is 7.23. The van der Waals surface area contributed by atoms with E-state index in [1.165, 1.54) is 23.0 Å². The highest BCUT2D eigenvalue weighted by Gasteiger charge is 2.28. The maximum atomic E-state index is 13.4. The molecule has 0 N–H and O–H groups in total. The Kier molecular flexibility index (Phi) is 3.81. The number of aryl methyl sites for hydroxylation is 1. The molecule has 1 amide bonds. The highest BCUT2D eigenvalue weighted by atomic mass is 19.1. The van der Waals surface area contributed by atoms with Crippen molar-refractivity contribution in [2.24, 2.45) is 0 Å². The van der Waals surface area contributed by atoms with Gasteiger partial charge >= 0.3 is 5.69 Å². The number of carbonyl (C=O) groups is 1. The average molecular weight is 318 g/mol. The lowest BCUT2D eigenvalue weighted by atomic mass is 9.96. The van der Waals surface area contributed by atoms with Crippen LogP contribution in [0.5, 0.6) is 0 Å². The van der Waals surface area contributed by atoms with E-state index in [4.69, 9.17) is 0 Å². The van der Waals surface area contributed by atoms with Crippen LogP contribution in [0.2, 0.25) is 0 Å². The molecule has 0 spiro atoms. The second-order valence-corrected chi connectivity index (χ2v) is 5.58. The first kappa shape index (κ1) is 15.1. The predicted molar refractivity (Wildman–Crippen MR) is 80.6 cm³/mol. The summed E-state index contributed by atoms with van der Waals surface area (Å²) in [6.45, 7) is 1.82. The Morgan fingerprint density at radius 3 is 3.00 bits per heavy atom.